The smallest absolute Gasteiger partial charge is 0.339 e. The minimum absolute atomic E-state index is 0.107. The average molecular weight is 236 g/mol. The fourth-order valence-corrected chi connectivity index (χ4v) is 1.70. The number of aryl methyl sites for hydroxylation is 1. The first-order valence-electron chi connectivity index (χ1n) is 4.42. The zero-order valence-corrected chi connectivity index (χ0v) is 9.15. The van der Waals surface area contributed by atoms with Gasteiger partial charge in [0.2, 0.25) is 5.13 Å². The van der Waals surface area contributed by atoms with Gasteiger partial charge in [0, 0.05) is 17.7 Å². The van der Waals surface area contributed by atoms with E-state index in [-0.39, 0.29) is 11.4 Å². The molecule has 0 aliphatic heterocycles. The summed E-state index contributed by atoms with van der Waals surface area (Å²) < 4.78 is 3.98. The normalized spacial score (nSPS) is 10.1. The first kappa shape index (κ1) is 10.5. The van der Waals surface area contributed by atoms with E-state index in [1.54, 1.807) is 13.0 Å². The molecule has 0 bridgehead atoms. The van der Waals surface area contributed by atoms with Crippen molar-refractivity contribution < 1.29 is 9.90 Å². The second kappa shape index (κ2) is 4.23. The van der Waals surface area contributed by atoms with Gasteiger partial charge in [-0.15, -0.1) is 0 Å². The van der Waals surface area contributed by atoms with E-state index < -0.39 is 5.97 Å². The standard InChI is InChI=1S/C9H8N4O2S/c1-5-11-9(16-13-5)12-7-6(8(14)15)3-2-4-10-7/h2-4H,1H3,(H,14,15)(H,10,11,12,13). The first-order valence-corrected chi connectivity index (χ1v) is 5.20. The van der Waals surface area contributed by atoms with Crippen molar-refractivity contribution >= 4 is 28.5 Å². The van der Waals surface area contributed by atoms with Gasteiger partial charge >= 0.3 is 5.97 Å². The molecule has 2 rings (SSSR count). The lowest BCUT2D eigenvalue weighted by molar-refractivity contribution is 0.0697. The van der Waals surface area contributed by atoms with Crippen LogP contribution in [0.1, 0.15) is 16.2 Å². The van der Waals surface area contributed by atoms with Gasteiger partial charge in [0.25, 0.3) is 0 Å². The fraction of sp³-hybridized carbons (Fsp3) is 0.111. The number of rotatable bonds is 3. The molecule has 2 aromatic rings. The number of hydrogen-bond acceptors (Lipinski definition) is 6. The highest BCUT2D eigenvalue weighted by Crippen LogP contribution is 2.19. The van der Waals surface area contributed by atoms with Gasteiger partial charge in [0.05, 0.1) is 0 Å². The summed E-state index contributed by atoms with van der Waals surface area (Å²) in [5.41, 5.74) is 0.107. The van der Waals surface area contributed by atoms with Crippen LogP contribution in [0.4, 0.5) is 10.9 Å². The number of carbonyl (C=O) groups is 1. The second-order valence-electron chi connectivity index (χ2n) is 2.98. The van der Waals surface area contributed by atoms with E-state index in [9.17, 15) is 4.79 Å². The molecular formula is C9H8N4O2S. The molecule has 16 heavy (non-hydrogen) atoms. The van der Waals surface area contributed by atoms with Crippen LogP contribution in [-0.4, -0.2) is 25.4 Å². The molecule has 2 aromatic heterocycles. The number of hydrogen-bond donors (Lipinski definition) is 2. The number of nitrogens with zero attached hydrogens (tertiary/aromatic N) is 3. The Bertz CT molecular complexity index is 526. The summed E-state index contributed by atoms with van der Waals surface area (Å²) in [6.45, 7) is 1.76. The van der Waals surface area contributed by atoms with Crippen LogP contribution < -0.4 is 5.32 Å². The van der Waals surface area contributed by atoms with Crippen LogP contribution in [0, 0.1) is 6.92 Å². The topological polar surface area (TPSA) is 88.0 Å². The molecule has 0 saturated carbocycles. The van der Waals surface area contributed by atoms with E-state index in [1.807, 2.05) is 0 Å². The molecule has 2 heterocycles. The van der Waals surface area contributed by atoms with Crippen LogP contribution in [0.15, 0.2) is 18.3 Å². The summed E-state index contributed by atoms with van der Waals surface area (Å²) in [5, 5.41) is 12.3. The van der Waals surface area contributed by atoms with Crippen molar-refractivity contribution in [2.75, 3.05) is 5.32 Å². The molecule has 7 heteroatoms. The monoisotopic (exact) mass is 236 g/mol. The van der Waals surface area contributed by atoms with Gasteiger partial charge < -0.3 is 10.4 Å². The van der Waals surface area contributed by atoms with Crippen molar-refractivity contribution in [3.05, 3.63) is 29.7 Å². The van der Waals surface area contributed by atoms with E-state index >= 15 is 0 Å². The predicted molar refractivity (Wildman–Crippen MR) is 59.1 cm³/mol. The predicted octanol–water partition coefficient (Wildman–Crippen LogP) is 1.68. The molecule has 0 atom stereocenters. The molecule has 0 spiro atoms. The van der Waals surface area contributed by atoms with Crippen molar-refractivity contribution in [3.8, 4) is 0 Å². The fourth-order valence-electron chi connectivity index (χ4n) is 1.13. The maximum atomic E-state index is 10.9. The number of aromatic carboxylic acids is 1. The minimum atomic E-state index is -1.03. The molecule has 2 N–H and O–H groups in total. The number of nitrogens with one attached hydrogen (secondary N) is 1. The van der Waals surface area contributed by atoms with Crippen molar-refractivity contribution in [2.24, 2.45) is 0 Å². The third-order valence-corrected chi connectivity index (χ3v) is 2.51. The van der Waals surface area contributed by atoms with E-state index in [4.69, 9.17) is 5.11 Å². The SMILES string of the molecule is Cc1nsc(Nc2ncccc2C(=O)O)n1. The quantitative estimate of drug-likeness (QED) is 0.843. The van der Waals surface area contributed by atoms with Gasteiger partial charge in [-0.3, -0.25) is 0 Å². The van der Waals surface area contributed by atoms with Gasteiger partial charge in [-0.1, -0.05) is 0 Å². The molecule has 0 aliphatic carbocycles. The van der Waals surface area contributed by atoms with Crippen LogP contribution in [0.25, 0.3) is 0 Å². The number of aromatic nitrogens is 3. The van der Waals surface area contributed by atoms with E-state index in [2.05, 4.69) is 19.7 Å². The molecule has 82 valence electrons. The lowest BCUT2D eigenvalue weighted by Crippen LogP contribution is -2.04. The number of carboxylic acids is 1. The third-order valence-electron chi connectivity index (χ3n) is 1.79. The van der Waals surface area contributed by atoms with Crippen LogP contribution in [0.5, 0.6) is 0 Å². The zero-order valence-electron chi connectivity index (χ0n) is 8.34. The van der Waals surface area contributed by atoms with Gasteiger partial charge in [-0.2, -0.15) is 4.37 Å². The number of carboxylic acid groups (broad SMARTS) is 1. The highest BCUT2D eigenvalue weighted by molar-refractivity contribution is 7.09. The van der Waals surface area contributed by atoms with Gasteiger partial charge in [0.1, 0.15) is 17.2 Å². The molecule has 0 saturated heterocycles. The van der Waals surface area contributed by atoms with E-state index in [0.29, 0.717) is 11.0 Å². The van der Waals surface area contributed by atoms with Gasteiger partial charge in [-0.25, -0.2) is 14.8 Å². The van der Waals surface area contributed by atoms with Gasteiger partial charge in [0.15, 0.2) is 0 Å². The molecule has 0 amide bonds. The van der Waals surface area contributed by atoms with Crippen molar-refractivity contribution in [1.29, 1.82) is 0 Å². The summed E-state index contributed by atoms with van der Waals surface area (Å²) in [7, 11) is 0. The summed E-state index contributed by atoms with van der Waals surface area (Å²) in [6.07, 6.45) is 1.52. The molecule has 6 nitrogen and oxygen atoms in total. The van der Waals surface area contributed by atoms with Crippen LogP contribution in [-0.2, 0) is 0 Å². The Balaban J connectivity index is 2.31. The van der Waals surface area contributed by atoms with E-state index in [0.717, 1.165) is 11.5 Å². The zero-order chi connectivity index (χ0) is 11.5. The van der Waals surface area contributed by atoms with Crippen molar-refractivity contribution in [2.45, 2.75) is 6.92 Å². The highest BCUT2D eigenvalue weighted by Gasteiger charge is 2.11. The second-order valence-corrected chi connectivity index (χ2v) is 3.73. The minimum Gasteiger partial charge on any atom is -0.478 e. The summed E-state index contributed by atoms with van der Waals surface area (Å²) in [4.78, 5) is 18.9. The lowest BCUT2D eigenvalue weighted by Gasteiger charge is -2.03. The molecule has 0 aromatic carbocycles. The third kappa shape index (κ3) is 2.14. The molecule has 0 fully saturated rings. The summed E-state index contributed by atoms with van der Waals surface area (Å²) in [5.74, 6) is -0.122. The number of pyridine rings is 1. The maximum Gasteiger partial charge on any atom is 0.339 e. The van der Waals surface area contributed by atoms with Gasteiger partial charge in [-0.05, 0) is 19.1 Å². The van der Waals surface area contributed by atoms with Crippen molar-refractivity contribution in [1.82, 2.24) is 14.3 Å². The average Bonchev–Trinajstić information content (AvgIpc) is 2.64. The number of anilines is 2. The molecule has 0 aliphatic rings. The molecular weight excluding hydrogens is 228 g/mol. The molecule has 0 unspecified atom stereocenters. The highest BCUT2D eigenvalue weighted by atomic mass is 32.1. The Hall–Kier alpha value is -2.02. The Kier molecular flexibility index (Phi) is 2.78. The Labute approximate surface area is 95.2 Å². The Morgan fingerprint density at radius 3 is 3.00 bits per heavy atom. The Morgan fingerprint density at radius 1 is 1.56 bits per heavy atom. The van der Waals surface area contributed by atoms with Crippen molar-refractivity contribution in [3.63, 3.8) is 0 Å². The maximum absolute atomic E-state index is 10.9. The van der Waals surface area contributed by atoms with Crippen LogP contribution >= 0.6 is 11.5 Å². The van der Waals surface area contributed by atoms with Crippen LogP contribution in [0.2, 0.25) is 0 Å². The van der Waals surface area contributed by atoms with E-state index in [1.165, 1.54) is 12.3 Å². The van der Waals surface area contributed by atoms with Crippen LogP contribution in [0.3, 0.4) is 0 Å². The largest absolute Gasteiger partial charge is 0.478 e. The first-order chi connectivity index (χ1) is 7.66. The molecule has 0 radical (unpaired) electrons. The summed E-state index contributed by atoms with van der Waals surface area (Å²) in [6, 6.07) is 3.05. The Morgan fingerprint density at radius 2 is 2.38 bits per heavy atom. The summed E-state index contributed by atoms with van der Waals surface area (Å²) >= 11 is 1.16. The lowest BCUT2D eigenvalue weighted by atomic mass is 10.2.